The zero-order valence-electron chi connectivity index (χ0n) is 11.4. The highest BCUT2D eigenvalue weighted by Crippen LogP contribution is 2.24. The van der Waals surface area contributed by atoms with Crippen molar-refractivity contribution in [2.75, 3.05) is 6.54 Å². The zero-order valence-corrected chi connectivity index (χ0v) is 12.9. The van der Waals surface area contributed by atoms with Crippen LogP contribution in [0.2, 0.25) is 4.34 Å². The Bertz CT molecular complexity index is 411. The Morgan fingerprint density at radius 2 is 2.11 bits per heavy atom. The minimum absolute atomic E-state index is 0.00507. The molecule has 0 aliphatic rings. The third-order valence-corrected chi connectivity index (χ3v) is 4.08. The van der Waals surface area contributed by atoms with Crippen LogP contribution in [0.3, 0.4) is 0 Å². The minimum Gasteiger partial charge on any atom is -0.336 e. The van der Waals surface area contributed by atoms with Crippen molar-refractivity contribution in [3.63, 3.8) is 0 Å². The van der Waals surface area contributed by atoms with E-state index in [0.29, 0.717) is 13.1 Å². The van der Waals surface area contributed by atoms with E-state index in [1.165, 1.54) is 11.3 Å². The number of amides is 1. The van der Waals surface area contributed by atoms with E-state index in [0.717, 1.165) is 9.21 Å². The van der Waals surface area contributed by atoms with E-state index in [4.69, 9.17) is 17.3 Å². The molecule has 1 amide bonds. The van der Waals surface area contributed by atoms with Gasteiger partial charge in [0.2, 0.25) is 5.91 Å². The summed E-state index contributed by atoms with van der Waals surface area (Å²) in [5.41, 5.74) is 5.79. The van der Waals surface area contributed by atoms with Crippen molar-refractivity contribution in [2.45, 2.75) is 40.3 Å². The van der Waals surface area contributed by atoms with Crippen LogP contribution in [0.1, 0.15) is 32.6 Å². The molecule has 5 heteroatoms. The molecule has 0 fully saturated rings. The number of carbonyl (C=O) groups is 1. The lowest BCUT2D eigenvalue weighted by atomic mass is 9.86. The Hall–Kier alpha value is -0.580. The van der Waals surface area contributed by atoms with E-state index in [-0.39, 0.29) is 11.3 Å². The van der Waals surface area contributed by atoms with Gasteiger partial charge in [-0.25, -0.2) is 0 Å². The first-order valence-electron chi connectivity index (χ1n) is 6.04. The summed E-state index contributed by atoms with van der Waals surface area (Å²) in [7, 11) is 0. The van der Waals surface area contributed by atoms with Gasteiger partial charge in [-0.05, 0) is 24.5 Å². The van der Waals surface area contributed by atoms with Gasteiger partial charge >= 0.3 is 0 Å². The molecule has 18 heavy (non-hydrogen) atoms. The minimum atomic E-state index is -0.479. The summed E-state index contributed by atoms with van der Waals surface area (Å²) < 4.78 is 0.744. The van der Waals surface area contributed by atoms with Gasteiger partial charge in [0.15, 0.2) is 0 Å². The van der Waals surface area contributed by atoms with Crippen molar-refractivity contribution < 1.29 is 4.79 Å². The van der Waals surface area contributed by atoms with Gasteiger partial charge in [0.25, 0.3) is 0 Å². The molecule has 0 saturated heterocycles. The fourth-order valence-corrected chi connectivity index (χ4v) is 2.64. The average molecular weight is 289 g/mol. The first kappa shape index (κ1) is 15.5. The maximum absolute atomic E-state index is 12.3. The van der Waals surface area contributed by atoms with Gasteiger partial charge < -0.3 is 10.6 Å². The number of halogens is 1. The highest BCUT2D eigenvalue weighted by atomic mass is 35.5. The number of rotatable bonds is 4. The van der Waals surface area contributed by atoms with Crippen LogP contribution in [-0.4, -0.2) is 23.4 Å². The molecule has 3 nitrogen and oxygen atoms in total. The third kappa shape index (κ3) is 3.97. The number of hydrogen-bond acceptors (Lipinski definition) is 3. The van der Waals surface area contributed by atoms with Gasteiger partial charge in [0, 0.05) is 11.4 Å². The number of carbonyl (C=O) groups excluding carboxylic acids is 1. The van der Waals surface area contributed by atoms with Gasteiger partial charge in [-0.1, -0.05) is 32.4 Å². The molecule has 0 bridgehead atoms. The summed E-state index contributed by atoms with van der Waals surface area (Å²) in [6, 6.07) is 3.32. The second kappa shape index (κ2) is 6.04. The Kier molecular flexibility index (Phi) is 5.20. The van der Waals surface area contributed by atoms with Crippen LogP contribution >= 0.6 is 22.9 Å². The average Bonchev–Trinajstić information content (AvgIpc) is 2.68. The largest absolute Gasteiger partial charge is 0.336 e. The number of nitrogens with two attached hydrogens (primary N) is 1. The summed E-state index contributed by atoms with van der Waals surface area (Å²) in [6.45, 7) is 9.12. The zero-order chi connectivity index (χ0) is 13.9. The molecule has 1 rings (SSSR count). The molecule has 1 atom stereocenters. The molecule has 2 N–H and O–H groups in total. The molecule has 0 spiro atoms. The fourth-order valence-electron chi connectivity index (χ4n) is 1.54. The maximum atomic E-state index is 12.3. The maximum Gasteiger partial charge on any atom is 0.240 e. The summed E-state index contributed by atoms with van der Waals surface area (Å²) in [6.07, 6.45) is 0. The lowest BCUT2D eigenvalue weighted by Gasteiger charge is -2.31. The van der Waals surface area contributed by atoms with Gasteiger partial charge in [-0.3, -0.25) is 4.79 Å². The molecule has 1 aromatic heterocycles. The standard InChI is InChI=1S/C13H21ClN2OS/c1-5-16(8-9-6-7-10(14)18-9)12(17)11(15)13(2,3)4/h6-7,11H,5,8,15H2,1-4H3. The smallest absolute Gasteiger partial charge is 0.240 e. The van der Waals surface area contributed by atoms with Crippen LogP contribution in [0.4, 0.5) is 0 Å². The molecule has 0 aromatic carbocycles. The number of hydrogen-bond donors (Lipinski definition) is 1. The fraction of sp³-hybridized carbons (Fsp3) is 0.615. The van der Waals surface area contributed by atoms with Crippen LogP contribution in [0, 0.1) is 5.41 Å². The van der Waals surface area contributed by atoms with Crippen LogP contribution in [-0.2, 0) is 11.3 Å². The molecule has 1 heterocycles. The van der Waals surface area contributed by atoms with Crippen molar-refractivity contribution in [2.24, 2.45) is 11.1 Å². The van der Waals surface area contributed by atoms with E-state index < -0.39 is 6.04 Å². The molecule has 0 aliphatic heterocycles. The van der Waals surface area contributed by atoms with E-state index in [1.807, 2.05) is 39.8 Å². The molecule has 1 aromatic rings. The molecular formula is C13H21ClN2OS. The summed E-state index contributed by atoms with van der Waals surface area (Å²) in [5, 5.41) is 0. The highest BCUT2D eigenvalue weighted by Gasteiger charge is 2.30. The quantitative estimate of drug-likeness (QED) is 0.925. The van der Waals surface area contributed by atoms with Crippen molar-refractivity contribution in [1.29, 1.82) is 0 Å². The van der Waals surface area contributed by atoms with E-state index in [1.54, 1.807) is 4.90 Å². The normalized spacial score (nSPS) is 13.4. The van der Waals surface area contributed by atoms with E-state index >= 15 is 0 Å². The second-order valence-corrected chi connectivity index (χ2v) is 7.20. The van der Waals surface area contributed by atoms with Gasteiger partial charge in [-0.15, -0.1) is 11.3 Å². The van der Waals surface area contributed by atoms with Crippen molar-refractivity contribution >= 4 is 28.8 Å². The monoisotopic (exact) mass is 288 g/mol. The third-order valence-electron chi connectivity index (χ3n) is 2.87. The number of nitrogens with zero attached hydrogens (tertiary/aromatic N) is 1. The van der Waals surface area contributed by atoms with Gasteiger partial charge in [0.1, 0.15) is 0 Å². The topological polar surface area (TPSA) is 46.3 Å². The molecule has 102 valence electrons. The summed E-state index contributed by atoms with van der Waals surface area (Å²) in [4.78, 5) is 15.2. The van der Waals surface area contributed by atoms with Crippen molar-refractivity contribution in [1.82, 2.24) is 4.90 Å². The molecular weight excluding hydrogens is 268 g/mol. The van der Waals surface area contributed by atoms with Gasteiger partial charge in [-0.2, -0.15) is 0 Å². The Labute approximate surface area is 118 Å². The van der Waals surface area contributed by atoms with Crippen LogP contribution in [0.15, 0.2) is 12.1 Å². The first-order valence-corrected chi connectivity index (χ1v) is 7.23. The summed E-state index contributed by atoms with van der Waals surface area (Å²) >= 11 is 7.39. The van der Waals surface area contributed by atoms with Gasteiger partial charge in [0.05, 0.1) is 16.9 Å². The van der Waals surface area contributed by atoms with E-state index in [9.17, 15) is 4.79 Å². The van der Waals surface area contributed by atoms with Crippen molar-refractivity contribution in [3.05, 3.63) is 21.3 Å². The van der Waals surface area contributed by atoms with E-state index in [2.05, 4.69) is 0 Å². The molecule has 0 radical (unpaired) electrons. The van der Waals surface area contributed by atoms with Crippen LogP contribution < -0.4 is 5.73 Å². The number of thiophene rings is 1. The molecule has 1 unspecified atom stereocenters. The second-order valence-electron chi connectivity index (χ2n) is 5.40. The first-order chi connectivity index (χ1) is 8.25. The SMILES string of the molecule is CCN(Cc1ccc(Cl)s1)C(=O)C(N)C(C)(C)C. The lowest BCUT2D eigenvalue weighted by molar-refractivity contribution is -0.135. The predicted molar refractivity (Wildman–Crippen MR) is 77.9 cm³/mol. The Morgan fingerprint density at radius 1 is 1.50 bits per heavy atom. The predicted octanol–water partition coefficient (Wildman–Crippen LogP) is 3.12. The Morgan fingerprint density at radius 3 is 2.50 bits per heavy atom. The molecule has 0 aliphatic carbocycles. The number of likely N-dealkylation sites (N-methyl/N-ethyl adjacent to an activating group) is 1. The summed E-state index contributed by atoms with van der Waals surface area (Å²) in [5.74, 6) is -0.00507. The van der Waals surface area contributed by atoms with Crippen molar-refractivity contribution in [3.8, 4) is 0 Å². The lowest BCUT2D eigenvalue weighted by Crippen LogP contribution is -2.50. The highest BCUT2D eigenvalue weighted by molar-refractivity contribution is 7.16. The van der Waals surface area contributed by atoms with Crippen LogP contribution in [0.25, 0.3) is 0 Å². The van der Waals surface area contributed by atoms with Crippen LogP contribution in [0.5, 0.6) is 0 Å². The molecule has 0 saturated carbocycles. The Balaban J connectivity index is 2.75.